The van der Waals surface area contributed by atoms with Crippen LogP contribution >= 0.6 is 11.6 Å². The van der Waals surface area contributed by atoms with E-state index >= 15 is 0 Å². The summed E-state index contributed by atoms with van der Waals surface area (Å²) in [6.07, 6.45) is -4.50. The predicted octanol–water partition coefficient (Wildman–Crippen LogP) is 5.37. The summed E-state index contributed by atoms with van der Waals surface area (Å²) in [6.45, 7) is 0. The molecule has 1 amide bonds. The fourth-order valence-electron chi connectivity index (χ4n) is 3.35. The second kappa shape index (κ2) is 9.11. The van der Waals surface area contributed by atoms with Crippen molar-refractivity contribution in [1.82, 2.24) is 9.38 Å². The molecule has 6 nitrogen and oxygen atoms in total. The molecule has 13 heteroatoms. The van der Waals surface area contributed by atoms with Crippen LogP contribution in [0.5, 0.6) is 0 Å². The number of benzene rings is 2. The molecule has 2 aromatic carbocycles. The quantitative estimate of drug-likeness (QED) is 0.281. The van der Waals surface area contributed by atoms with Crippen molar-refractivity contribution in [2.24, 2.45) is 0 Å². The normalized spacial score (nSPS) is 11.5. The maximum atomic E-state index is 14.3. The number of fused-ring (bicyclic) bond motifs is 1. The highest BCUT2D eigenvalue weighted by Gasteiger charge is 2.40. The number of nitrogens with zero attached hydrogens (tertiary/aromatic N) is 2. The Morgan fingerprint density at radius 3 is 2.00 bits per heavy atom. The second-order valence-electron chi connectivity index (χ2n) is 7.26. The summed E-state index contributed by atoms with van der Waals surface area (Å²) in [5.74, 6) is -9.58. The fraction of sp³-hybridized carbons (Fsp3) is 0.0435. The lowest BCUT2D eigenvalue weighted by atomic mass is 10.0. The molecule has 0 atom stereocenters. The van der Waals surface area contributed by atoms with E-state index in [2.05, 4.69) is 4.98 Å². The van der Waals surface area contributed by atoms with Crippen molar-refractivity contribution < 1.29 is 40.7 Å². The highest BCUT2D eigenvalue weighted by Crippen LogP contribution is 2.28. The van der Waals surface area contributed by atoms with Crippen molar-refractivity contribution in [2.45, 2.75) is 6.18 Å². The standard InChI is InChI=1S/C23H10ClF6N3O3/c24-11-3-1-4-12(25)16(11)19(34)10-7-8-15-31-21(32-22(36)23(28,29)30)18(33(15)9-10)20(35)17-13(26)5-2-6-14(17)27/h1-9H,(H,32,36). The van der Waals surface area contributed by atoms with Crippen LogP contribution in [-0.2, 0) is 4.79 Å². The molecule has 1 N–H and O–H groups in total. The molecule has 0 saturated carbocycles. The SMILES string of the molecule is O=C(c1ccc2nc(NC(=O)C(F)(F)F)c(C(=O)c3c(F)cccc3F)n2c1)c1c(F)cccc1Cl. The minimum atomic E-state index is -5.39. The topological polar surface area (TPSA) is 80.5 Å². The Morgan fingerprint density at radius 2 is 1.42 bits per heavy atom. The highest BCUT2D eigenvalue weighted by atomic mass is 35.5. The van der Waals surface area contributed by atoms with Gasteiger partial charge in [0.1, 0.15) is 28.8 Å². The number of carbonyl (C=O) groups excluding carboxylic acids is 3. The number of rotatable bonds is 5. The van der Waals surface area contributed by atoms with Crippen molar-refractivity contribution in [2.75, 3.05) is 5.32 Å². The van der Waals surface area contributed by atoms with Crippen LogP contribution in [-0.4, -0.2) is 33.0 Å². The van der Waals surface area contributed by atoms with Gasteiger partial charge >= 0.3 is 12.1 Å². The highest BCUT2D eigenvalue weighted by molar-refractivity contribution is 6.35. The fourth-order valence-corrected chi connectivity index (χ4v) is 3.60. The van der Waals surface area contributed by atoms with Gasteiger partial charge in [0.2, 0.25) is 5.78 Å². The molecule has 0 bridgehead atoms. The number of anilines is 1. The Labute approximate surface area is 202 Å². The van der Waals surface area contributed by atoms with Crippen LogP contribution in [0.3, 0.4) is 0 Å². The van der Waals surface area contributed by atoms with Crippen LogP contribution in [0.2, 0.25) is 5.02 Å². The van der Waals surface area contributed by atoms with E-state index in [9.17, 15) is 40.7 Å². The molecule has 0 fully saturated rings. The number of alkyl halides is 3. The molecule has 0 unspecified atom stereocenters. The van der Waals surface area contributed by atoms with Gasteiger partial charge in [0, 0.05) is 11.8 Å². The Balaban J connectivity index is 1.94. The lowest BCUT2D eigenvalue weighted by Crippen LogP contribution is -2.31. The largest absolute Gasteiger partial charge is 0.471 e. The number of hydrogen-bond acceptors (Lipinski definition) is 4. The molecule has 4 rings (SSSR count). The molecule has 0 spiro atoms. The van der Waals surface area contributed by atoms with Gasteiger partial charge in [-0.25, -0.2) is 18.2 Å². The lowest BCUT2D eigenvalue weighted by Gasteiger charge is -2.10. The smallest absolute Gasteiger partial charge is 0.301 e. The van der Waals surface area contributed by atoms with Gasteiger partial charge in [-0.2, -0.15) is 13.2 Å². The summed E-state index contributed by atoms with van der Waals surface area (Å²) in [5.41, 5.74) is -3.14. The van der Waals surface area contributed by atoms with E-state index in [0.717, 1.165) is 47.0 Å². The number of hydrogen-bond donors (Lipinski definition) is 1. The number of aromatic nitrogens is 2. The third-order valence-electron chi connectivity index (χ3n) is 4.96. The summed E-state index contributed by atoms with van der Waals surface area (Å²) in [4.78, 5) is 41.3. The first kappa shape index (κ1) is 24.9. The van der Waals surface area contributed by atoms with Gasteiger partial charge in [0.05, 0.1) is 16.1 Å². The number of ketones is 2. The predicted molar refractivity (Wildman–Crippen MR) is 115 cm³/mol. The van der Waals surface area contributed by atoms with Crippen LogP contribution in [0.4, 0.5) is 32.2 Å². The van der Waals surface area contributed by atoms with Crippen molar-refractivity contribution in [3.63, 3.8) is 0 Å². The molecule has 4 aromatic rings. The maximum absolute atomic E-state index is 14.3. The number of imidazole rings is 1. The van der Waals surface area contributed by atoms with Gasteiger partial charge in [-0.05, 0) is 36.4 Å². The zero-order valence-corrected chi connectivity index (χ0v) is 18.2. The Hall–Kier alpha value is -4.19. The minimum absolute atomic E-state index is 0.242. The first-order chi connectivity index (χ1) is 16.9. The minimum Gasteiger partial charge on any atom is -0.301 e. The summed E-state index contributed by atoms with van der Waals surface area (Å²) in [6, 6.07) is 8.08. The van der Waals surface area contributed by atoms with Crippen molar-refractivity contribution in [1.29, 1.82) is 0 Å². The molecule has 184 valence electrons. The Bertz CT molecular complexity index is 1520. The number of amides is 1. The average Bonchev–Trinajstić information content (AvgIpc) is 3.15. The van der Waals surface area contributed by atoms with Gasteiger partial charge in [-0.3, -0.25) is 18.8 Å². The summed E-state index contributed by atoms with van der Waals surface area (Å²) < 4.78 is 82.3. The molecule has 0 saturated heterocycles. The third-order valence-corrected chi connectivity index (χ3v) is 5.28. The molecule has 0 radical (unpaired) electrons. The Morgan fingerprint density at radius 1 is 0.833 bits per heavy atom. The van der Waals surface area contributed by atoms with E-state index < -0.39 is 63.7 Å². The second-order valence-corrected chi connectivity index (χ2v) is 7.67. The van der Waals surface area contributed by atoms with Crippen LogP contribution in [0.15, 0.2) is 54.7 Å². The summed E-state index contributed by atoms with van der Waals surface area (Å²) in [5, 5.41) is 1.16. The molecule has 0 aliphatic carbocycles. The molecule has 0 aliphatic rings. The third kappa shape index (κ3) is 4.42. The van der Waals surface area contributed by atoms with E-state index in [1.807, 2.05) is 0 Å². The van der Waals surface area contributed by atoms with E-state index in [1.54, 1.807) is 0 Å². The van der Waals surface area contributed by atoms with Gasteiger partial charge in [0.15, 0.2) is 11.6 Å². The number of pyridine rings is 1. The van der Waals surface area contributed by atoms with Crippen LogP contribution in [0.1, 0.15) is 32.0 Å². The van der Waals surface area contributed by atoms with Gasteiger partial charge in [-0.1, -0.05) is 23.7 Å². The van der Waals surface area contributed by atoms with Crippen molar-refractivity contribution >= 4 is 40.5 Å². The Kier molecular flexibility index (Phi) is 6.31. The van der Waals surface area contributed by atoms with Crippen molar-refractivity contribution in [3.05, 3.63) is 99.6 Å². The zero-order valence-electron chi connectivity index (χ0n) is 17.5. The summed E-state index contributed by atoms with van der Waals surface area (Å²) >= 11 is 5.92. The van der Waals surface area contributed by atoms with Gasteiger partial charge in [-0.15, -0.1) is 0 Å². The van der Waals surface area contributed by atoms with Gasteiger partial charge < -0.3 is 5.32 Å². The average molecular weight is 526 g/mol. The molecular formula is C23H10ClF6N3O3. The van der Waals surface area contributed by atoms with Crippen LogP contribution < -0.4 is 5.32 Å². The monoisotopic (exact) mass is 525 g/mol. The molecule has 2 aromatic heterocycles. The maximum Gasteiger partial charge on any atom is 0.471 e. The zero-order chi connectivity index (χ0) is 26.4. The molecular weight excluding hydrogens is 516 g/mol. The number of carbonyl (C=O) groups is 3. The van der Waals surface area contributed by atoms with E-state index in [0.29, 0.717) is 0 Å². The van der Waals surface area contributed by atoms with Crippen LogP contribution in [0.25, 0.3) is 5.65 Å². The van der Waals surface area contributed by atoms with Gasteiger partial charge in [0.25, 0.3) is 0 Å². The van der Waals surface area contributed by atoms with E-state index in [1.165, 1.54) is 17.4 Å². The lowest BCUT2D eigenvalue weighted by molar-refractivity contribution is -0.167. The molecule has 0 aliphatic heterocycles. The first-order valence-electron chi connectivity index (χ1n) is 9.78. The van der Waals surface area contributed by atoms with Crippen molar-refractivity contribution in [3.8, 4) is 0 Å². The molecule has 2 heterocycles. The van der Waals surface area contributed by atoms with Crippen LogP contribution in [0, 0.1) is 17.5 Å². The summed E-state index contributed by atoms with van der Waals surface area (Å²) in [7, 11) is 0. The van der Waals surface area contributed by atoms with E-state index in [4.69, 9.17) is 11.6 Å². The number of halogens is 7. The molecule has 36 heavy (non-hydrogen) atoms. The van der Waals surface area contributed by atoms with E-state index in [-0.39, 0.29) is 16.2 Å². The first-order valence-corrected chi connectivity index (χ1v) is 10.2. The number of nitrogens with one attached hydrogen (secondary N) is 1.